The molecule has 0 N–H and O–H groups in total. The Morgan fingerprint density at radius 2 is 0.795 bits per heavy atom. The van der Waals surface area contributed by atoms with Gasteiger partial charge in [-0.2, -0.15) is 0 Å². The van der Waals surface area contributed by atoms with Gasteiger partial charge in [-0.25, -0.2) is 15.0 Å². The first-order valence-corrected chi connectivity index (χ1v) is 30.0. The zero-order valence-electron chi connectivity index (χ0n) is 47.6. The molecule has 6 nitrogen and oxygen atoms in total. The quantitative estimate of drug-likeness (QED) is 0.144. The molecule has 18 rings (SSSR count). The van der Waals surface area contributed by atoms with E-state index in [2.05, 4.69) is 270 Å². The summed E-state index contributed by atoms with van der Waals surface area (Å²) in [5.74, 6) is 1.84. The summed E-state index contributed by atoms with van der Waals surface area (Å²) in [7, 11) is 0. The third kappa shape index (κ3) is 7.52. The smallest absolute Gasteiger partial charge is 0.164 e. The number of nitrogens with zero attached hydrogens (tertiary/aromatic N) is 5. The molecule has 0 saturated carbocycles. The Morgan fingerprint density at radius 1 is 0.307 bits per heavy atom. The SMILES string of the molecule is c1ccc(-c2ccc(N(c3ccc(-c4cccc5c4oc4ccccc45)cc3)c3ccc4c(c3)c3ccc5c(c3n4-c3cccc(-c4nc(-c6ccccc6)nc(-c6ccccc6)n4)c3)-c3ccccc3C53c4ccccc4-c4ccccc43)cc2)cc1. The van der Waals surface area contributed by atoms with Crippen LogP contribution in [0.1, 0.15) is 22.3 Å². The van der Waals surface area contributed by atoms with Gasteiger partial charge < -0.3 is 13.9 Å². The molecule has 0 atom stereocenters. The van der Waals surface area contributed by atoms with Crippen molar-refractivity contribution in [2.45, 2.75) is 5.41 Å². The van der Waals surface area contributed by atoms with Crippen LogP contribution in [0.4, 0.5) is 17.1 Å². The summed E-state index contributed by atoms with van der Waals surface area (Å²) >= 11 is 0. The van der Waals surface area contributed by atoms with Crippen LogP contribution in [0.3, 0.4) is 0 Å². The van der Waals surface area contributed by atoms with Crippen molar-refractivity contribution in [3.05, 3.63) is 332 Å². The number of para-hydroxylation sites is 2. The molecular weight excluding hydrogens is 1070 g/mol. The number of furan rings is 1. The van der Waals surface area contributed by atoms with Gasteiger partial charge in [0.2, 0.25) is 0 Å². The van der Waals surface area contributed by atoms with Crippen molar-refractivity contribution in [1.82, 2.24) is 19.5 Å². The van der Waals surface area contributed by atoms with Gasteiger partial charge in [0.05, 0.1) is 16.4 Å². The molecule has 0 fully saturated rings. The highest BCUT2D eigenvalue weighted by atomic mass is 16.3. The Labute approximate surface area is 508 Å². The van der Waals surface area contributed by atoms with Crippen LogP contribution in [0, 0.1) is 0 Å². The van der Waals surface area contributed by atoms with Crippen LogP contribution < -0.4 is 4.90 Å². The Balaban J connectivity index is 0.872. The third-order valence-electron chi connectivity index (χ3n) is 18.3. The maximum atomic E-state index is 6.57. The maximum absolute atomic E-state index is 6.57. The van der Waals surface area contributed by atoms with Gasteiger partial charge in [0.25, 0.3) is 0 Å². The molecule has 410 valence electrons. The minimum atomic E-state index is -0.543. The van der Waals surface area contributed by atoms with Crippen molar-refractivity contribution in [1.29, 1.82) is 0 Å². The zero-order chi connectivity index (χ0) is 57.9. The topological polar surface area (TPSA) is 60.0 Å². The van der Waals surface area contributed by atoms with E-state index < -0.39 is 5.41 Å². The molecule has 1 spiro atoms. The van der Waals surface area contributed by atoms with Crippen LogP contribution in [0.5, 0.6) is 0 Å². The highest BCUT2D eigenvalue weighted by molar-refractivity contribution is 6.18. The fraction of sp³-hybridized carbons (Fsp3) is 0.0122. The molecule has 88 heavy (non-hydrogen) atoms. The van der Waals surface area contributed by atoms with Gasteiger partial charge in [-0.3, -0.25) is 0 Å². The number of benzene rings is 13. The van der Waals surface area contributed by atoms with E-state index in [1.807, 2.05) is 48.5 Å². The molecular formula is C82H51N5O. The summed E-state index contributed by atoms with van der Waals surface area (Å²) in [5.41, 5.74) is 24.9. The predicted molar refractivity (Wildman–Crippen MR) is 360 cm³/mol. The van der Waals surface area contributed by atoms with Crippen LogP contribution in [0.25, 0.3) is 128 Å². The van der Waals surface area contributed by atoms with Crippen LogP contribution in [0.2, 0.25) is 0 Å². The minimum Gasteiger partial charge on any atom is -0.455 e. The maximum Gasteiger partial charge on any atom is 0.164 e. The van der Waals surface area contributed by atoms with Crippen molar-refractivity contribution in [3.63, 3.8) is 0 Å². The summed E-state index contributed by atoms with van der Waals surface area (Å²) < 4.78 is 9.07. The van der Waals surface area contributed by atoms with E-state index in [9.17, 15) is 0 Å². The number of anilines is 3. The normalized spacial score (nSPS) is 12.6. The zero-order valence-corrected chi connectivity index (χ0v) is 47.6. The van der Waals surface area contributed by atoms with Gasteiger partial charge in [-0.05, 0) is 116 Å². The van der Waals surface area contributed by atoms with Crippen LogP contribution in [-0.4, -0.2) is 19.5 Å². The molecule has 2 aliphatic carbocycles. The second-order valence-corrected chi connectivity index (χ2v) is 23.0. The van der Waals surface area contributed by atoms with Crippen LogP contribution >= 0.6 is 0 Å². The number of hydrogen-bond donors (Lipinski definition) is 0. The predicted octanol–water partition coefficient (Wildman–Crippen LogP) is 21.0. The fourth-order valence-electron chi connectivity index (χ4n) is 14.4. The average Bonchev–Trinajstić information content (AvgIpc) is 1.50. The van der Waals surface area contributed by atoms with E-state index in [1.165, 1.54) is 50.1 Å². The van der Waals surface area contributed by atoms with E-state index in [-0.39, 0.29) is 0 Å². The van der Waals surface area contributed by atoms with Crippen molar-refractivity contribution in [3.8, 4) is 84.4 Å². The lowest BCUT2D eigenvalue weighted by Gasteiger charge is -2.30. The monoisotopic (exact) mass is 1120 g/mol. The Hall–Kier alpha value is -11.7. The van der Waals surface area contributed by atoms with Gasteiger partial charge in [0.1, 0.15) is 11.2 Å². The van der Waals surface area contributed by atoms with Crippen LogP contribution in [0.15, 0.2) is 314 Å². The first-order chi connectivity index (χ1) is 43.6. The molecule has 3 heterocycles. The molecule has 16 aromatic rings. The fourth-order valence-corrected chi connectivity index (χ4v) is 14.4. The van der Waals surface area contributed by atoms with Crippen LogP contribution in [-0.2, 0) is 5.41 Å². The molecule has 0 saturated heterocycles. The standard InChI is InChI=1S/C82H51N5O/c1-4-20-52(21-5-1)53-38-42-58(43-39-53)86(59-44-40-54(41-45-59)62-32-19-33-67-65-30-13-17-37-75(65)88-78(62)67)61-46-49-74-69(51-61)66-47-48-73-76(68-31-12-16-36-72(68)82(73)70-34-14-10-28-63(70)64-29-11-15-35-71(64)82)77(66)87(74)60-27-18-26-57(50-60)81-84-79(55-22-6-2-7-23-55)83-80(85-81)56-24-8-3-9-25-56/h1-51H. The van der Waals surface area contributed by atoms with E-state index in [1.54, 1.807) is 0 Å². The first kappa shape index (κ1) is 49.7. The number of hydrogen-bond acceptors (Lipinski definition) is 5. The highest BCUT2D eigenvalue weighted by Crippen LogP contribution is 2.64. The van der Waals surface area contributed by atoms with E-state index in [0.29, 0.717) is 17.5 Å². The first-order valence-electron chi connectivity index (χ1n) is 30.0. The molecule has 0 bridgehead atoms. The largest absolute Gasteiger partial charge is 0.455 e. The van der Waals surface area contributed by atoms with Gasteiger partial charge in [-0.15, -0.1) is 0 Å². The lowest BCUT2D eigenvalue weighted by atomic mass is 9.70. The molecule has 13 aromatic carbocycles. The minimum absolute atomic E-state index is 0.543. The van der Waals surface area contributed by atoms with Crippen molar-refractivity contribution in [2.24, 2.45) is 0 Å². The lowest BCUT2D eigenvalue weighted by molar-refractivity contribution is 0.670. The van der Waals surface area contributed by atoms with Gasteiger partial charge >= 0.3 is 0 Å². The Bertz CT molecular complexity index is 5330. The highest BCUT2D eigenvalue weighted by Gasteiger charge is 2.52. The van der Waals surface area contributed by atoms with Crippen molar-refractivity contribution >= 4 is 60.8 Å². The average molecular weight is 1120 g/mol. The Morgan fingerprint density at radius 3 is 1.45 bits per heavy atom. The van der Waals surface area contributed by atoms with E-state index in [0.717, 1.165) is 99.9 Å². The molecule has 0 radical (unpaired) electrons. The summed E-state index contributed by atoms with van der Waals surface area (Å²) in [4.78, 5) is 17.9. The van der Waals surface area contributed by atoms with E-state index in [4.69, 9.17) is 19.4 Å². The number of aromatic nitrogens is 4. The summed E-state index contributed by atoms with van der Waals surface area (Å²) in [6.45, 7) is 0. The molecule has 3 aromatic heterocycles. The lowest BCUT2D eigenvalue weighted by Crippen LogP contribution is -2.25. The molecule has 6 heteroatoms. The summed E-state index contributed by atoms with van der Waals surface area (Å²) in [5, 5.41) is 4.51. The molecule has 2 aliphatic rings. The molecule has 0 aliphatic heterocycles. The van der Waals surface area contributed by atoms with Crippen molar-refractivity contribution < 1.29 is 4.42 Å². The summed E-state index contributed by atoms with van der Waals surface area (Å²) in [6, 6.07) is 111. The van der Waals surface area contributed by atoms with E-state index >= 15 is 0 Å². The van der Waals surface area contributed by atoms with Gasteiger partial charge in [0, 0.05) is 72.1 Å². The second-order valence-electron chi connectivity index (χ2n) is 23.0. The second kappa shape index (κ2) is 19.7. The third-order valence-corrected chi connectivity index (χ3v) is 18.3. The summed E-state index contributed by atoms with van der Waals surface area (Å²) in [6.07, 6.45) is 0. The number of rotatable bonds is 9. The van der Waals surface area contributed by atoms with Gasteiger partial charge in [-0.1, -0.05) is 249 Å². The number of fused-ring (bicyclic) bond motifs is 17. The molecule has 0 amide bonds. The molecule has 0 unspecified atom stereocenters. The van der Waals surface area contributed by atoms with Crippen molar-refractivity contribution in [2.75, 3.05) is 4.90 Å². The van der Waals surface area contributed by atoms with Gasteiger partial charge in [0.15, 0.2) is 17.5 Å². The Kier molecular flexibility index (Phi) is 11.1.